The van der Waals surface area contributed by atoms with Crippen LogP contribution in [0.5, 0.6) is 0 Å². The lowest BCUT2D eigenvalue weighted by atomic mass is 10.0. The quantitative estimate of drug-likeness (QED) is 0.855. The zero-order valence-electron chi connectivity index (χ0n) is 7.58. The van der Waals surface area contributed by atoms with E-state index in [9.17, 15) is 5.11 Å². The van der Waals surface area contributed by atoms with Crippen LogP contribution in [0.1, 0.15) is 18.5 Å². The first-order valence-corrected chi connectivity index (χ1v) is 4.66. The SMILES string of the molecule is C[C@H](O)[C@H](N)c1cc(Cl)ccc1Cl.Cl. The molecular formula is C9H12Cl3NO. The van der Waals surface area contributed by atoms with Crippen LogP contribution in [-0.2, 0) is 0 Å². The zero-order chi connectivity index (χ0) is 10.0. The van der Waals surface area contributed by atoms with Crippen LogP contribution in [0.25, 0.3) is 0 Å². The third-order valence-corrected chi connectivity index (χ3v) is 2.42. The Bertz CT molecular complexity index is 304. The van der Waals surface area contributed by atoms with Crippen LogP contribution >= 0.6 is 35.6 Å². The van der Waals surface area contributed by atoms with E-state index >= 15 is 0 Å². The van der Waals surface area contributed by atoms with Gasteiger partial charge in [-0.3, -0.25) is 0 Å². The number of hydrogen-bond donors (Lipinski definition) is 2. The number of halogens is 3. The average Bonchev–Trinajstić information content (AvgIpc) is 2.08. The molecule has 1 rings (SSSR count). The van der Waals surface area contributed by atoms with Crippen LogP contribution in [0.15, 0.2) is 18.2 Å². The summed E-state index contributed by atoms with van der Waals surface area (Å²) in [5.74, 6) is 0. The second-order valence-corrected chi connectivity index (χ2v) is 3.78. The minimum Gasteiger partial charge on any atom is -0.391 e. The number of aliphatic hydroxyl groups excluding tert-OH is 1. The molecule has 0 aliphatic rings. The Morgan fingerprint density at radius 3 is 2.43 bits per heavy atom. The molecule has 0 aliphatic heterocycles. The lowest BCUT2D eigenvalue weighted by Crippen LogP contribution is -2.23. The first-order chi connectivity index (χ1) is 6.02. The van der Waals surface area contributed by atoms with Crippen molar-refractivity contribution in [1.29, 1.82) is 0 Å². The minimum atomic E-state index is -0.643. The van der Waals surface area contributed by atoms with E-state index in [4.69, 9.17) is 28.9 Å². The highest BCUT2D eigenvalue weighted by Gasteiger charge is 2.15. The molecule has 0 spiro atoms. The molecule has 0 amide bonds. The van der Waals surface area contributed by atoms with E-state index in [0.29, 0.717) is 15.6 Å². The van der Waals surface area contributed by atoms with Crippen molar-refractivity contribution < 1.29 is 5.11 Å². The fourth-order valence-corrected chi connectivity index (χ4v) is 1.45. The fraction of sp³-hybridized carbons (Fsp3) is 0.333. The number of benzene rings is 1. The van der Waals surface area contributed by atoms with Crippen molar-refractivity contribution in [2.45, 2.75) is 19.1 Å². The zero-order valence-corrected chi connectivity index (χ0v) is 9.90. The monoisotopic (exact) mass is 255 g/mol. The summed E-state index contributed by atoms with van der Waals surface area (Å²) >= 11 is 11.7. The molecule has 0 radical (unpaired) electrons. The van der Waals surface area contributed by atoms with Gasteiger partial charge in [0.15, 0.2) is 0 Å². The summed E-state index contributed by atoms with van der Waals surface area (Å²) in [4.78, 5) is 0. The maximum absolute atomic E-state index is 9.26. The van der Waals surface area contributed by atoms with E-state index in [2.05, 4.69) is 0 Å². The van der Waals surface area contributed by atoms with E-state index in [1.54, 1.807) is 25.1 Å². The second kappa shape index (κ2) is 5.79. The molecule has 5 heteroatoms. The molecule has 0 saturated carbocycles. The predicted octanol–water partition coefficient (Wildman–Crippen LogP) is 2.80. The van der Waals surface area contributed by atoms with Gasteiger partial charge in [0.05, 0.1) is 12.1 Å². The van der Waals surface area contributed by atoms with E-state index in [-0.39, 0.29) is 12.4 Å². The summed E-state index contributed by atoms with van der Waals surface area (Å²) < 4.78 is 0. The highest BCUT2D eigenvalue weighted by molar-refractivity contribution is 6.33. The molecule has 0 saturated heterocycles. The fourth-order valence-electron chi connectivity index (χ4n) is 1.03. The molecule has 2 atom stereocenters. The van der Waals surface area contributed by atoms with E-state index in [1.165, 1.54) is 0 Å². The Morgan fingerprint density at radius 1 is 1.36 bits per heavy atom. The van der Waals surface area contributed by atoms with Gasteiger partial charge in [-0.2, -0.15) is 0 Å². The van der Waals surface area contributed by atoms with Gasteiger partial charge in [-0.25, -0.2) is 0 Å². The van der Waals surface area contributed by atoms with Crippen LogP contribution in [-0.4, -0.2) is 11.2 Å². The molecule has 2 nitrogen and oxygen atoms in total. The summed E-state index contributed by atoms with van der Waals surface area (Å²) in [6.45, 7) is 1.61. The van der Waals surface area contributed by atoms with Crippen LogP contribution in [0.2, 0.25) is 10.0 Å². The van der Waals surface area contributed by atoms with Gasteiger partial charge in [0.25, 0.3) is 0 Å². The maximum Gasteiger partial charge on any atom is 0.0705 e. The Kier molecular flexibility index (Phi) is 5.79. The molecule has 1 aromatic carbocycles. The van der Waals surface area contributed by atoms with Gasteiger partial charge < -0.3 is 10.8 Å². The first-order valence-electron chi connectivity index (χ1n) is 3.91. The number of nitrogens with two attached hydrogens (primary N) is 1. The second-order valence-electron chi connectivity index (χ2n) is 2.93. The van der Waals surface area contributed by atoms with Gasteiger partial charge in [0.1, 0.15) is 0 Å². The third-order valence-electron chi connectivity index (χ3n) is 1.84. The lowest BCUT2D eigenvalue weighted by molar-refractivity contribution is 0.164. The molecule has 0 fully saturated rings. The highest BCUT2D eigenvalue weighted by Crippen LogP contribution is 2.26. The van der Waals surface area contributed by atoms with Gasteiger partial charge in [-0.15, -0.1) is 12.4 Å². The van der Waals surface area contributed by atoms with E-state index in [0.717, 1.165) is 0 Å². The Morgan fingerprint density at radius 2 is 1.93 bits per heavy atom. The van der Waals surface area contributed by atoms with Crippen LogP contribution in [0, 0.1) is 0 Å². The molecule has 14 heavy (non-hydrogen) atoms. The van der Waals surface area contributed by atoms with E-state index in [1.807, 2.05) is 0 Å². The van der Waals surface area contributed by atoms with Crippen molar-refractivity contribution in [1.82, 2.24) is 0 Å². The van der Waals surface area contributed by atoms with Gasteiger partial charge in [-0.1, -0.05) is 23.2 Å². The molecule has 1 aromatic rings. The summed E-state index contributed by atoms with van der Waals surface area (Å²) in [7, 11) is 0. The smallest absolute Gasteiger partial charge is 0.0705 e. The van der Waals surface area contributed by atoms with Crippen molar-refractivity contribution in [3.8, 4) is 0 Å². The molecule has 0 bridgehead atoms. The molecule has 3 N–H and O–H groups in total. The number of aliphatic hydroxyl groups is 1. The van der Waals surface area contributed by atoms with Crippen molar-refractivity contribution >= 4 is 35.6 Å². The molecule has 0 unspecified atom stereocenters. The van der Waals surface area contributed by atoms with Gasteiger partial charge in [-0.05, 0) is 30.7 Å². The Hall–Kier alpha value is 0.01000. The topological polar surface area (TPSA) is 46.2 Å². The first kappa shape index (κ1) is 14.0. The minimum absolute atomic E-state index is 0. The standard InChI is InChI=1S/C9H11Cl2NO.ClH/c1-5(13)9(12)7-4-6(10)2-3-8(7)11;/h2-5,9,13H,12H2,1H3;1H/t5-,9-;/m0./s1. The largest absolute Gasteiger partial charge is 0.391 e. The third kappa shape index (κ3) is 3.30. The van der Waals surface area contributed by atoms with E-state index < -0.39 is 12.1 Å². The van der Waals surface area contributed by atoms with Crippen LogP contribution in [0.4, 0.5) is 0 Å². The summed E-state index contributed by atoms with van der Waals surface area (Å²) in [5.41, 5.74) is 6.38. The lowest BCUT2D eigenvalue weighted by Gasteiger charge is -2.16. The maximum atomic E-state index is 9.26. The summed E-state index contributed by atoms with van der Waals surface area (Å²) in [5, 5.41) is 10.4. The Labute approximate surface area is 99.4 Å². The van der Waals surface area contributed by atoms with Crippen LogP contribution < -0.4 is 5.73 Å². The predicted molar refractivity (Wildman–Crippen MR) is 62.3 cm³/mol. The van der Waals surface area contributed by atoms with Crippen molar-refractivity contribution in [2.24, 2.45) is 5.73 Å². The van der Waals surface area contributed by atoms with Crippen molar-refractivity contribution in [3.63, 3.8) is 0 Å². The van der Waals surface area contributed by atoms with Crippen LogP contribution in [0.3, 0.4) is 0 Å². The summed E-state index contributed by atoms with van der Waals surface area (Å²) in [6.07, 6.45) is -0.643. The average molecular weight is 257 g/mol. The van der Waals surface area contributed by atoms with Gasteiger partial charge in [0, 0.05) is 10.0 Å². The molecular weight excluding hydrogens is 244 g/mol. The normalized spacial score (nSPS) is 14.4. The highest BCUT2D eigenvalue weighted by atomic mass is 35.5. The van der Waals surface area contributed by atoms with Crippen molar-refractivity contribution in [3.05, 3.63) is 33.8 Å². The number of rotatable bonds is 2. The van der Waals surface area contributed by atoms with Gasteiger partial charge in [0.2, 0.25) is 0 Å². The molecule has 0 aromatic heterocycles. The molecule has 0 heterocycles. The number of hydrogen-bond acceptors (Lipinski definition) is 2. The van der Waals surface area contributed by atoms with Crippen molar-refractivity contribution in [2.75, 3.05) is 0 Å². The van der Waals surface area contributed by atoms with Gasteiger partial charge >= 0.3 is 0 Å². The molecule has 80 valence electrons. The Balaban J connectivity index is 0.00000169. The molecule has 0 aliphatic carbocycles. The summed E-state index contributed by atoms with van der Waals surface area (Å²) in [6, 6.07) is 4.52.